The molecule has 1 atom stereocenters. The van der Waals surface area contributed by atoms with Gasteiger partial charge in [0.15, 0.2) is 6.10 Å². The second-order valence-corrected chi connectivity index (χ2v) is 4.92. The molecule has 6 heteroatoms. The van der Waals surface area contributed by atoms with E-state index in [0.717, 1.165) is 4.47 Å². The molecule has 0 aliphatic heterocycles. The minimum absolute atomic E-state index is 0.238. The third-order valence-corrected chi connectivity index (χ3v) is 2.88. The van der Waals surface area contributed by atoms with Crippen LogP contribution in [0.15, 0.2) is 41.4 Å². The highest BCUT2D eigenvalue weighted by Crippen LogP contribution is 2.18. The van der Waals surface area contributed by atoms with Gasteiger partial charge in [-0.25, -0.2) is 0 Å². The van der Waals surface area contributed by atoms with Crippen molar-refractivity contribution in [2.75, 3.05) is 13.1 Å². The Hall–Kier alpha value is -1.82. The van der Waals surface area contributed by atoms with Gasteiger partial charge in [-0.15, -0.1) is 0 Å². The van der Waals surface area contributed by atoms with E-state index in [-0.39, 0.29) is 11.8 Å². The highest BCUT2D eigenvalue weighted by molar-refractivity contribution is 9.10. The molecule has 1 unspecified atom stereocenters. The van der Waals surface area contributed by atoms with Crippen LogP contribution in [0.4, 0.5) is 0 Å². The normalized spacial score (nSPS) is 11.3. The van der Waals surface area contributed by atoms with Gasteiger partial charge >= 0.3 is 0 Å². The molecule has 1 aromatic carbocycles. The maximum Gasteiger partial charge on any atom is 0.260 e. The summed E-state index contributed by atoms with van der Waals surface area (Å²) in [6, 6.07) is 7.27. The van der Waals surface area contributed by atoms with Crippen molar-refractivity contribution in [1.82, 2.24) is 10.6 Å². The molecule has 1 rings (SSSR count). The average Bonchev–Trinajstić information content (AvgIpc) is 2.42. The predicted octanol–water partition coefficient (Wildman–Crippen LogP) is 1.63. The molecule has 0 aromatic heterocycles. The summed E-state index contributed by atoms with van der Waals surface area (Å²) in [4.78, 5) is 22.7. The summed E-state index contributed by atoms with van der Waals surface area (Å²) in [6.45, 7) is 5.68. The molecule has 0 aliphatic rings. The Morgan fingerprint density at radius 3 is 2.75 bits per heavy atom. The highest BCUT2D eigenvalue weighted by Gasteiger charge is 2.13. The lowest BCUT2D eigenvalue weighted by molar-refractivity contribution is -0.127. The lowest BCUT2D eigenvalue weighted by atomic mass is 10.3. The van der Waals surface area contributed by atoms with Crippen LogP contribution in [-0.2, 0) is 9.59 Å². The Balaban J connectivity index is 2.32. The van der Waals surface area contributed by atoms with Gasteiger partial charge in [-0.05, 0) is 31.2 Å². The summed E-state index contributed by atoms with van der Waals surface area (Å²) in [5.41, 5.74) is 0. The van der Waals surface area contributed by atoms with Crippen LogP contribution < -0.4 is 15.4 Å². The zero-order valence-electron chi connectivity index (χ0n) is 11.2. The van der Waals surface area contributed by atoms with Crippen LogP contribution in [-0.4, -0.2) is 31.0 Å². The maximum atomic E-state index is 11.8. The Kier molecular flexibility index (Phi) is 6.79. The van der Waals surface area contributed by atoms with Crippen molar-refractivity contribution in [3.8, 4) is 5.75 Å². The van der Waals surface area contributed by atoms with E-state index >= 15 is 0 Å². The lowest BCUT2D eigenvalue weighted by Crippen LogP contribution is -2.40. The molecule has 1 aromatic rings. The van der Waals surface area contributed by atoms with Gasteiger partial charge < -0.3 is 15.4 Å². The summed E-state index contributed by atoms with van der Waals surface area (Å²) >= 11 is 3.33. The average molecular weight is 341 g/mol. The standard InChI is InChI=1S/C14H17BrN2O3/c1-3-13(18)16-7-8-17-14(19)10(2)20-12-6-4-5-11(15)9-12/h3-6,9-10H,1,7-8H2,2H3,(H,16,18)(H,17,19). The van der Waals surface area contributed by atoms with E-state index in [4.69, 9.17) is 4.74 Å². The number of carbonyl (C=O) groups excluding carboxylic acids is 2. The second kappa shape index (κ2) is 8.37. The number of amides is 2. The molecule has 0 aliphatic carbocycles. The third-order valence-electron chi connectivity index (χ3n) is 2.39. The highest BCUT2D eigenvalue weighted by atomic mass is 79.9. The van der Waals surface area contributed by atoms with Crippen molar-refractivity contribution in [1.29, 1.82) is 0 Å². The van der Waals surface area contributed by atoms with Crippen molar-refractivity contribution >= 4 is 27.7 Å². The molecule has 0 radical (unpaired) electrons. The summed E-state index contributed by atoms with van der Waals surface area (Å²) in [6.07, 6.45) is 0.570. The third kappa shape index (κ3) is 5.88. The molecule has 2 N–H and O–H groups in total. The van der Waals surface area contributed by atoms with E-state index < -0.39 is 6.10 Å². The fraction of sp³-hybridized carbons (Fsp3) is 0.286. The number of benzene rings is 1. The molecule has 0 heterocycles. The summed E-state index contributed by atoms with van der Waals surface area (Å²) in [5, 5.41) is 5.24. The molecule has 108 valence electrons. The fourth-order valence-corrected chi connectivity index (χ4v) is 1.76. The van der Waals surface area contributed by atoms with Crippen LogP contribution in [0.5, 0.6) is 5.75 Å². The van der Waals surface area contributed by atoms with E-state index in [1.54, 1.807) is 19.1 Å². The topological polar surface area (TPSA) is 67.4 Å². The lowest BCUT2D eigenvalue weighted by Gasteiger charge is -2.15. The van der Waals surface area contributed by atoms with Gasteiger partial charge in [0.25, 0.3) is 5.91 Å². The van der Waals surface area contributed by atoms with Crippen LogP contribution in [0.1, 0.15) is 6.92 Å². The summed E-state index contributed by atoms with van der Waals surface area (Å²) in [7, 11) is 0. The molecule has 0 bridgehead atoms. The Bertz CT molecular complexity index is 491. The van der Waals surface area contributed by atoms with Crippen LogP contribution >= 0.6 is 15.9 Å². The number of rotatable bonds is 7. The minimum atomic E-state index is -0.612. The second-order valence-electron chi connectivity index (χ2n) is 4.00. The summed E-state index contributed by atoms with van der Waals surface area (Å²) < 4.78 is 6.39. The molecule has 5 nitrogen and oxygen atoms in total. The van der Waals surface area contributed by atoms with E-state index in [2.05, 4.69) is 33.1 Å². The van der Waals surface area contributed by atoms with Gasteiger partial charge in [0.1, 0.15) is 5.75 Å². The predicted molar refractivity (Wildman–Crippen MR) is 80.4 cm³/mol. The Morgan fingerprint density at radius 1 is 1.40 bits per heavy atom. The van der Waals surface area contributed by atoms with E-state index in [1.165, 1.54) is 6.08 Å². The zero-order valence-corrected chi connectivity index (χ0v) is 12.8. The van der Waals surface area contributed by atoms with Crippen molar-refractivity contribution in [2.24, 2.45) is 0 Å². The molecular weight excluding hydrogens is 324 g/mol. The first-order chi connectivity index (χ1) is 9.52. The quantitative estimate of drug-likeness (QED) is 0.585. The van der Waals surface area contributed by atoms with Gasteiger partial charge in [-0.3, -0.25) is 9.59 Å². The van der Waals surface area contributed by atoms with Gasteiger partial charge in [0.05, 0.1) is 0 Å². The van der Waals surface area contributed by atoms with Gasteiger partial charge in [0.2, 0.25) is 5.91 Å². The first-order valence-electron chi connectivity index (χ1n) is 6.13. The molecule has 0 spiro atoms. The molecule has 0 saturated heterocycles. The number of ether oxygens (including phenoxy) is 1. The van der Waals surface area contributed by atoms with Gasteiger partial charge in [0, 0.05) is 17.6 Å². The molecule has 20 heavy (non-hydrogen) atoms. The monoisotopic (exact) mass is 340 g/mol. The smallest absolute Gasteiger partial charge is 0.260 e. The largest absolute Gasteiger partial charge is 0.481 e. The van der Waals surface area contributed by atoms with Gasteiger partial charge in [-0.1, -0.05) is 28.6 Å². The molecule has 0 saturated carbocycles. The number of hydrogen-bond donors (Lipinski definition) is 2. The van der Waals surface area contributed by atoms with E-state index in [0.29, 0.717) is 18.8 Å². The first-order valence-corrected chi connectivity index (χ1v) is 6.92. The van der Waals surface area contributed by atoms with Crippen molar-refractivity contribution in [3.05, 3.63) is 41.4 Å². The van der Waals surface area contributed by atoms with Crippen molar-refractivity contribution in [3.63, 3.8) is 0 Å². The van der Waals surface area contributed by atoms with E-state index in [9.17, 15) is 9.59 Å². The number of carbonyl (C=O) groups is 2. The fourth-order valence-electron chi connectivity index (χ4n) is 1.39. The van der Waals surface area contributed by atoms with Crippen LogP contribution in [0, 0.1) is 0 Å². The summed E-state index contributed by atoms with van der Waals surface area (Å²) in [5.74, 6) is 0.109. The van der Waals surface area contributed by atoms with Crippen molar-refractivity contribution in [2.45, 2.75) is 13.0 Å². The van der Waals surface area contributed by atoms with Crippen LogP contribution in [0.3, 0.4) is 0 Å². The number of halogens is 1. The number of nitrogens with one attached hydrogen (secondary N) is 2. The maximum absolute atomic E-state index is 11.8. The zero-order chi connectivity index (χ0) is 15.0. The Morgan fingerprint density at radius 2 is 2.10 bits per heavy atom. The van der Waals surface area contributed by atoms with Gasteiger partial charge in [-0.2, -0.15) is 0 Å². The SMILES string of the molecule is C=CC(=O)NCCNC(=O)C(C)Oc1cccc(Br)c1. The Labute approximate surface area is 126 Å². The molecule has 2 amide bonds. The van der Waals surface area contributed by atoms with E-state index in [1.807, 2.05) is 12.1 Å². The number of hydrogen-bond acceptors (Lipinski definition) is 3. The van der Waals surface area contributed by atoms with Crippen LogP contribution in [0.2, 0.25) is 0 Å². The molecular formula is C14H17BrN2O3. The first kappa shape index (κ1) is 16.2. The minimum Gasteiger partial charge on any atom is -0.481 e. The van der Waals surface area contributed by atoms with Crippen molar-refractivity contribution < 1.29 is 14.3 Å². The molecule has 0 fully saturated rings. The van der Waals surface area contributed by atoms with Crippen LogP contribution in [0.25, 0.3) is 0 Å².